The summed E-state index contributed by atoms with van der Waals surface area (Å²) in [5.41, 5.74) is 7.77. The molecule has 0 bridgehead atoms. The summed E-state index contributed by atoms with van der Waals surface area (Å²) in [5, 5.41) is 12.0. The molecular weight excluding hydrogens is 378 g/mol. The number of hydrogen-bond donors (Lipinski definition) is 2. The van der Waals surface area contributed by atoms with Gasteiger partial charge in [0.1, 0.15) is 5.01 Å². The van der Waals surface area contributed by atoms with Gasteiger partial charge in [0, 0.05) is 37.4 Å². The Kier molecular flexibility index (Phi) is 6.03. The lowest BCUT2D eigenvalue weighted by Gasteiger charge is -2.29. The zero-order valence-corrected chi connectivity index (χ0v) is 16.7. The minimum Gasteiger partial charge on any atom is -0.366 e. The number of carbonyl (C=O) groups is 3. The summed E-state index contributed by atoms with van der Waals surface area (Å²) in [6, 6.07) is 5.38. The van der Waals surface area contributed by atoms with E-state index in [1.807, 2.05) is 19.9 Å². The van der Waals surface area contributed by atoms with Crippen LogP contribution in [0.4, 0.5) is 5.13 Å². The van der Waals surface area contributed by atoms with Gasteiger partial charge in [-0.05, 0) is 23.6 Å². The first-order chi connectivity index (χ1) is 13.3. The molecule has 2 heterocycles. The molecule has 0 spiro atoms. The maximum atomic E-state index is 12.5. The van der Waals surface area contributed by atoms with E-state index < -0.39 is 5.91 Å². The van der Waals surface area contributed by atoms with Crippen molar-refractivity contribution >= 4 is 34.2 Å². The molecule has 0 aliphatic carbocycles. The summed E-state index contributed by atoms with van der Waals surface area (Å²) in [6.45, 7) is 4.94. The third kappa shape index (κ3) is 4.53. The highest BCUT2D eigenvalue weighted by Gasteiger charge is 2.24. The summed E-state index contributed by atoms with van der Waals surface area (Å²) < 4.78 is 0. The largest absolute Gasteiger partial charge is 0.366 e. The number of nitrogens with one attached hydrogen (secondary N) is 1. The van der Waals surface area contributed by atoms with Crippen LogP contribution >= 0.6 is 11.3 Å². The molecule has 8 nitrogen and oxygen atoms in total. The Labute approximate surface area is 167 Å². The van der Waals surface area contributed by atoms with Crippen molar-refractivity contribution in [2.75, 3.05) is 11.9 Å². The highest BCUT2D eigenvalue weighted by molar-refractivity contribution is 7.15. The molecule has 1 aromatic carbocycles. The van der Waals surface area contributed by atoms with Gasteiger partial charge in [0.05, 0.1) is 0 Å². The van der Waals surface area contributed by atoms with E-state index in [4.69, 9.17) is 5.73 Å². The van der Waals surface area contributed by atoms with E-state index in [2.05, 4.69) is 15.5 Å². The molecular formula is C19H23N5O3S. The molecule has 1 aliphatic heterocycles. The Morgan fingerprint density at radius 1 is 1.25 bits per heavy atom. The number of benzene rings is 1. The van der Waals surface area contributed by atoms with Crippen LogP contribution in [0.3, 0.4) is 0 Å². The first-order valence-corrected chi connectivity index (χ1v) is 9.98. The Balaban J connectivity index is 1.53. The normalized spacial score (nSPS) is 13.3. The fourth-order valence-electron chi connectivity index (χ4n) is 3.13. The van der Waals surface area contributed by atoms with E-state index in [0.29, 0.717) is 30.2 Å². The Bertz CT molecular complexity index is 909. The number of nitrogens with two attached hydrogens (primary N) is 1. The van der Waals surface area contributed by atoms with E-state index >= 15 is 0 Å². The van der Waals surface area contributed by atoms with Crippen LogP contribution in [0.5, 0.6) is 0 Å². The number of carbonyl (C=O) groups excluding carboxylic acids is 3. The number of amides is 3. The minimum atomic E-state index is -0.453. The van der Waals surface area contributed by atoms with Crippen LogP contribution in [-0.2, 0) is 22.6 Å². The zero-order chi connectivity index (χ0) is 20.3. The fourth-order valence-corrected chi connectivity index (χ4v) is 3.89. The van der Waals surface area contributed by atoms with Gasteiger partial charge < -0.3 is 16.0 Å². The van der Waals surface area contributed by atoms with Crippen LogP contribution in [-0.4, -0.2) is 39.4 Å². The van der Waals surface area contributed by atoms with Gasteiger partial charge in [-0.2, -0.15) is 0 Å². The second kappa shape index (κ2) is 8.47. The van der Waals surface area contributed by atoms with Crippen molar-refractivity contribution in [2.45, 2.75) is 45.6 Å². The topological polar surface area (TPSA) is 118 Å². The molecule has 1 aromatic heterocycles. The van der Waals surface area contributed by atoms with Crippen molar-refractivity contribution in [1.82, 2.24) is 15.1 Å². The molecule has 9 heteroatoms. The Hall–Kier alpha value is -2.81. The molecule has 0 radical (unpaired) electrons. The second-order valence-corrected chi connectivity index (χ2v) is 8.03. The number of rotatable bonds is 6. The first-order valence-electron chi connectivity index (χ1n) is 9.16. The van der Waals surface area contributed by atoms with Gasteiger partial charge in [0.2, 0.25) is 22.9 Å². The van der Waals surface area contributed by atoms with Gasteiger partial charge in [0.15, 0.2) is 0 Å². The van der Waals surface area contributed by atoms with E-state index in [-0.39, 0.29) is 30.6 Å². The molecule has 0 atom stereocenters. The third-order valence-corrected chi connectivity index (χ3v) is 5.77. The SMILES string of the molecule is CC(C)c1nnc(NC(=O)CCC(=O)N2CCc3c(cccc3C(N)=O)C2)s1. The van der Waals surface area contributed by atoms with Crippen LogP contribution in [0.25, 0.3) is 0 Å². The molecule has 1 aliphatic rings. The van der Waals surface area contributed by atoms with Gasteiger partial charge in [-0.1, -0.05) is 37.3 Å². The summed E-state index contributed by atoms with van der Waals surface area (Å²) in [5.74, 6) is -0.550. The lowest BCUT2D eigenvalue weighted by atomic mass is 9.94. The van der Waals surface area contributed by atoms with Crippen LogP contribution in [0.2, 0.25) is 0 Å². The van der Waals surface area contributed by atoms with Crippen molar-refractivity contribution in [3.63, 3.8) is 0 Å². The lowest BCUT2D eigenvalue weighted by molar-refractivity contribution is -0.133. The van der Waals surface area contributed by atoms with Gasteiger partial charge in [-0.3, -0.25) is 14.4 Å². The molecule has 3 amide bonds. The second-order valence-electron chi connectivity index (χ2n) is 7.02. The molecule has 28 heavy (non-hydrogen) atoms. The monoisotopic (exact) mass is 401 g/mol. The molecule has 0 unspecified atom stereocenters. The van der Waals surface area contributed by atoms with Gasteiger partial charge >= 0.3 is 0 Å². The summed E-state index contributed by atoms with van der Waals surface area (Å²) in [4.78, 5) is 37.9. The lowest BCUT2D eigenvalue weighted by Crippen LogP contribution is -2.37. The molecule has 0 saturated heterocycles. The maximum Gasteiger partial charge on any atom is 0.248 e. The van der Waals surface area contributed by atoms with Gasteiger partial charge in [0.25, 0.3) is 0 Å². The summed E-state index contributed by atoms with van der Waals surface area (Å²) in [7, 11) is 0. The van der Waals surface area contributed by atoms with Crippen molar-refractivity contribution in [3.8, 4) is 0 Å². The summed E-state index contributed by atoms with van der Waals surface area (Å²) in [6.07, 6.45) is 0.780. The fraction of sp³-hybridized carbons (Fsp3) is 0.421. The molecule has 148 valence electrons. The third-order valence-electron chi connectivity index (χ3n) is 4.63. The van der Waals surface area contributed by atoms with Crippen LogP contribution < -0.4 is 11.1 Å². The van der Waals surface area contributed by atoms with E-state index in [9.17, 15) is 14.4 Å². The van der Waals surface area contributed by atoms with Crippen molar-refractivity contribution in [3.05, 3.63) is 39.9 Å². The smallest absolute Gasteiger partial charge is 0.248 e. The molecule has 3 N–H and O–H groups in total. The number of primary amides is 1. The molecule has 0 saturated carbocycles. The summed E-state index contributed by atoms with van der Waals surface area (Å²) >= 11 is 1.34. The predicted molar refractivity (Wildman–Crippen MR) is 106 cm³/mol. The predicted octanol–water partition coefficient (Wildman–Crippen LogP) is 2.06. The maximum absolute atomic E-state index is 12.5. The standard InChI is InChI=1S/C19H23N5O3S/c1-11(2)18-22-23-19(28-18)21-15(25)6-7-16(26)24-9-8-13-12(10-24)4-3-5-14(13)17(20)27/h3-5,11H,6-10H2,1-2H3,(H2,20,27)(H,21,23,25). The number of aromatic nitrogens is 2. The Morgan fingerprint density at radius 3 is 2.71 bits per heavy atom. The van der Waals surface area contributed by atoms with Crippen molar-refractivity contribution in [1.29, 1.82) is 0 Å². The Morgan fingerprint density at radius 2 is 2.04 bits per heavy atom. The van der Waals surface area contributed by atoms with E-state index in [1.54, 1.807) is 17.0 Å². The molecule has 2 aromatic rings. The van der Waals surface area contributed by atoms with E-state index in [1.165, 1.54) is 11.3 Å². The van der Waals surface area contributed by atoms with Crippen LogP contribution in [0.1, 0.15) is 59.1 Å². The minimum absolute atomic E-state index is 0.0834. The number of hydrogen-bond acceptors (Lipinski definition) is 6. The molecule has 3 rings (SSSR count). The van der Waals surface area contributed by atoms with Crippen molar-refractivity contribution < 1.29 is 14.4 Å². The van der Waals surface area contributed by atoms with E-state index in [0.717, 1.165) is 16.1 Å². The number of nitrogens with zero attached hydrogens (tertiary/aromatic N) is 3. The number of fused-ring (bicyclic) bond motifs is 1. The zero-order valence-electron chi connectivity index (χ0n) is 15.9. The highest BCUT2D eigenvalue weighted by atomic mass is 32.1. The average Bonchev–Trinajstić information content (AvgIpc) is 3.13. The first kappa shape index (κ1) is 19.9. The quantitative estimate of drug-likeness (QED) is 0.768. The molecule has 0 fully saturated rings. The van der Waals surface area contributed by atoms with Crippen LogP contribution in [0.15, 0.2) is 18.2 Å². The number of anilines is 1. The van der Waals surface area contributed by atoms with Gasteiger partial charge in [-0.15, -0.1) is 10.2 Å². The highest BCUT2D eigenvalue weighted by Crippen LogP contribution is 2.24. The average molecular weight is 401 g/mol. The van der Waals surface area contributed by atoms with Crippen LogP contribution in [0, 0.1) is 0 Å². The van der Waals surface area contributed by atoms with Gasteiger partial charge in [-0.25, -0.2) is 0 Å². The van der Waals surface area contributed by atoms with Crippen molar-refractivity contribution in [2.24, 2.45) is 5.73 Å².